The number of hydrogen-bond acceptors (Lipinski definition) is 3. The molecular weight excluding hydrogens is 168 g/mol. The first-order chi connectivity index (χ1) is 6.05. The second-order valence-corrected chi connectivity index (χ2v) is 3.08. The van der Waals surface area contributed by atoms with Crippen molar-refractivity contribution < 1.29 is 4.79 Å². The smallest absolute Gasteiger partial charge is 0.274 e. The number of carbonyl (C=O) groups is 1. The summed E-state index contributed by atoms with van der Waals surface area (Å²) in [5.41, 5.74) is -0.445. The molecule has 0 saturated heterocycles. The average Bonchev–Trinajstić information content (AvgIpc) is 2.55. The zero-order valence-corrected chi connectivity index (χ0v) is 7.46. The monoisotopic (exact) mass is 178 g/mol. The molecule has 0 radical (unpaired) electrons. The predicted octanol–water partition coefficient (Wildman–Crippen LogP) is -0.0537. The van der Waals surface area contributed by atoms with E-state index in [2.05, 4.69) is 26.6 Å². The molecule has 2 N–H and O–H groups in total. The van der Waals surface area contributed by atoms with Gasteiger partial charge >= 0.3 is 0 Å². The molecule has 13 heavy (non-hydrogen) atoms. The van der Waals surface area contributed by atoms with Gasteiger partial charge in [-0.2, -0.15) is 15.4 Å². The Balaban J connectivity index is 2.68. The fraction of sp³-hybridized carbons (Fsp3) is 0.375. The minimum atomic E-state index is -0.671. The highest BCUT2D eigenvalue weighted by atomic mass is 16.2. The third kappa shape index (κ3) is 2.30. The molecule has 68 valence electrons. The third-order valence-corrected chi connectivity index (χ3v) is 1.43. The highest BCUT2D eigenvalue weighted by Gasteiger charge is 2.19. The van der Waals surface area contributed by atoms with Crippen LogP contribution in [0.1, 0.15) is 24.3 Å². The molecule has 0 aliphatic rings. The lowest BCUT2D eigenvalue weighted by molar-refractivity contribution is 0.0924. The van der Waals surface area contributed by atoms with Crippen LogP contribution < -0.4 is 5.32 Å². The largest absolute Gasteiger partial charge is 0.335 e. The van der Waals surface area contributed by atoms with E-state index in [4.69, 9.17) is 6.42 Å². The summed E-state index contributed by atoms with van der Waals surface area (Å²) in [6.07, 6.45) is 6.53. The van der Waals surface area contributed by atoms with Crippen LogP contribution in [0.4, 0.5) is 0 Å². The van der Waals surface area contributed by atoms with E-state index in [1.807, 2.05) is 0 Å². The summed E-state index contributed by atoms with van der Waals surface area (Å²) in [5.74, 6) is 2.11. The number of aromatic amines is 1. The lowest BCUT2D eigenvalue weighted by atomic mass is 10.1. The molecule has 1 aromatic heterocycles. The second kappa shape index (κ2) is 3.27. The van der Waals surface area contributed by atoms with Crippen LogP contribution in [-0.4, -0.2) is 26.9 Å². The molecular formula is C8H10N4O. The van der Waals surface area contributed by atoms with E-state index < -0.39 is 5.54 Å². The van der Waals surface area contributed by atoms with Crippen LogP contribution in [0.2, 0.25) is 0 Å². The molecule has 0 spiro atoms. The number of rotatable bonds is 2. The van der Waals surface area contributed by atoms with Gasteiger partial charge in [0.25, 0.3) is 5.91 Å². The molecule has 1 amide bonds. The SMILES string of the molecule is C#CC(C)(C)NC(=O)c1cn[nH]n1. The van der Waals surface area contributed by atoms with E-state index >= 15 is 0 Å². The van der Waals surface area contributed by atoms with E-state index in [-0.39, 0.29) is 11.6 Å². The Morgan fingerprint density at radius 3 is 2.92 bits per heavy atom. The highest BCUT2D eigenvalue weighted by molar-refractivity contribution is 5.92. The maximum Gasteiger partial charge on any atom is 0.274 e. The third-order valence-electron chi connectivity index (χ3n) is 1.43. The summed E-state index contributed by atoms with van der Waals surface area (Å²) in [7, 11) is 0. The Kier molecular flexibility index (Phi) is 2.33. The number of aromatic nitrogens is 3. The van der Waals surface area contributed by atoms with Crippen molar-refractivity contribution in [2.75, 3.05) is 0 Å². The molecule has 1 rings (SSSR count). The van der Waals surface area contributed by atoms with Crippen LogP contribution in [0.5, 0.6) is 0 Å². The van der Waals surface area contributed by atoms with Gasteiger partial charge in [0.2, 0.25) is 0 Å². The van der Waals surface area contributed by atoms with Gasteiger partial charge in [-0.1, -0.05) is 5.92 Å². The van der Waals surface area contributed by atoms with Crippen molar-refractivity contribution in [3.05, 3.63) is 11.9 Å². The van der Waals surface area contributed by atoms with Crippen LogP contribution in [0.3, 0.4) is 0 Å². The molecule has 0 aliphatic carbocycles. The van der Waals surface area contributed by atoms with E-state index in [1.165, 1.54) is 6.20 Å². The van der Waals surface area contributed by atoms with Crippen molar-refractivity contribution in [1.29, 1.82) is 0 Å². The van der Waals surface area contributed by atoms with Crippen molar-refractivity contribution in [3.8, 4) is 12.3 Å². The van der Waals surface area contributed by atoms with Crippen molar-refractivity contribution in [2.24, 2.45) is 0 Å². The lowest BCUT2D eigenvalue weighted by Crippen LogP contribution is -2.42. The van der Waals surface area contributed by atoms with Gasteiger partial charge in [0.15, 0.2) is 5.69 Å². The van der Waals surface area contributed by atoms with Crippen LogP contribution >= 0.6 is 0 Å². The van der Waals surface area contributed by atoms with Crippen molar-refractivity contribution in [2.45, 2.75) is 19.4 Å². The summed E-state index contributed by atoms with van der Waals surface area (Å²) in [4.78, 5) is 11.4. The van der Waals surface area contributed by atoms with Gasteiger partial charge in [0.1, 0.15) is 0 Å². The van der Waals surface area contributed by atoms with E-state index in [0.717, 1.165) is 0 Å². The molecule has 0 atom stereocenters. The van der Waals surface area contributed by atoms with Crippen LogP contribution in [0, 0.1) is 12.3 Å². The van der Waals surface area contributed by atoms with Gasteiger partial charge in [-0.25, -0.2) is 0 Å². The summed E-state index contributed by atoms with van der Waals surface area (Å²) < 4.78 is 0. The Labute approximate surface area is 75.9 Å². The Morgan fingerprint density at radius 1 is 1.77 bits per heavy atom. The minimum Gasteiger partial charge on any atom is -0.335 e. The van der Waals surface area contributed by atoms with Gasteiger partial charge in [-0.05, 0) is 13.8 Å². The first-order valence-electron chi connectivity index (χ1n) is 3.71. The van der Waals surface area contributed by atoms with E-state index in [1.54, 1.807) is 13.8 Å². The molecule has 0 unspecified atom stereocenters. The zero-order chi connectivity index (χ0) is 9.90. The van der Waals surface area contributed by atoms with E-state index in [9.17, 15) is 4.79 Å². The molecule has 1 heterocycles. The van der Waals surface area contributed by atoms with Gasteiger partial charge < -0.3 is 5.32 Å². The number of amides is 1. The fourth-order valence-electron chi connectivity index (χ4n) is 0.695. The maximum atomic E-state index is 11.4. The highest BCUT2D eigenvalue weighted by Crippen LogP contribution is 2.00. The molecule has 0 bridgehead atoms. The summed E-state index contributed by atoms with van der Waals surface area (Å²) in [5, 5.41) is 12.1. The molecule has 0 saturated carbocycles. The van der Waals surface area contributed by atoms with Gasteiger partial charge in [0.05, 0.1) is 11.7 Å². The summed E-state index contributed by atoms with van der Waals surface area (Å²) >= 11 is 0. The normalized spacial score (nSPS) is 10.5. The number of nitrogens with zero attached hydrogens (tertiary/aromatic N) is 2. The van der Waals surface area contributed by atoms with Crippen LogP contribution in [0.15, 0.2) is 6.20 Å². The molecule has 0 aromatic carbocycles. The van der Waals surface area contributed by atoms with Crippen LogP contribution in [0.25, 0.3) is 0 Å². The van der Waals surface area contributed by atoms with Gasteiger partial charge in [-0.15, -0.1) is 6.42 Å². The number of carbonyl (C=O) groups excluding carboxylic acids is 1. The lowest BCUT2D eigenvalue weighted by Gasteiger charge is -2.18. The number of hydrogen-bond donors (Lipinski definition) is 2. The molecule has 5 nitrogen and oxygen atoms in total. The summed E-state index contributed by atoms with van der Waals surface area (Å²) in [6.45, 7) is 3.45. The Hall–Kier alpha value is -1.83. The fourth-order valence-corrected chi connectivity index (χ4v) is 0.695. The first-order valence-corrected chi connectivity index (χ1v) is 3.71. The van der Waals surface area contributed by atoms with Gasteiger partial charge in [0, 0.05) is 0 Å². The minimum absolute atomic E-state index is 0.225. The number of H-pyrrole nitrogens is 1. The van der Waals surface area contributed by atoms with Crippen molar-refractivity contribution >= 4 is 5.91 Å². The topological polar surface area (TPSA) is 70.7 Å². The first kappa shape index (κ1) is 9.26. The molecule has 0 aliphatic heterocycles. The summed E-state index contributed by atoms with van der Waals surface area (Å²) in [6, 6.07) is 0. The maximum absolute atomic E-state index is 11.4. The predicted molar refractivity (Wildman–Crippen MR) is 46.8 cm³/mol. The standard InChI is InChI=1S/C8H10N4O/c1-4-8(2,3)10-7(13)6-5-9-12-11-6/h1,5H,2-3H3,(H,10,13)(H,9,11,12). The Bertz CT molecular complexity index is 334. The molecule has 1 aromatic rings. The number of nitrogens with one attached hydrogen (secondary N) is 2. The van der Waals surface area contributed by atoms with Crippen LogP contribution in [-0.2, 0) is 0 Å². The molecule has 5 heteroatoms. The van der Waals surface area contributed by atoms with Gasteiger partial charge in [-0.3, -0.25) is 4.79 Å². The number of terminal acetylenes is 1. The quantitative estimate of drug-likeness (QED) is 0.623. The molecule has 0 fully saturated rings. The second-order valence-electron chi connectivity index (χ2n) is 3.08. The average molecular weight is 178 g/mol. The van der Waals surface area contributed by atoms with E-state index in [0.29, 0.717) is 0 Å². The van der Waals surface area contributed by atoms with Crippen molar-refractivity contribution in [3.63, 3.8) is 0 Å². The van der Waals surface area contributed by atoms with Crippen molar-refractivity contribution in [1.82, 2.24) is 20.7 Å². The zero-order valence-electron chi connectivity index (χ0n) is 7.46. The Morgan fingerprint density at radius 2 is 2.46 bits per heavy atom.